The van der Waals surface area contributed by atoms with E-state index in [9.17, 15) is 0 Å². The molecule has 0 amide bonds. The lowest BCUT2D eigenvalue weighted by Crippen LogP contribution is -2.00. The van der Waals surface area contributed by atoms with Gasteiger partial charge < -0.3 is 0 Å². The smallest absolute Gasteiger partial charge is 0.0891 e. The average Bonchev–Trinajstić information content (AvgIpc) is 1.91. The molecule has 0 fully saturated rings. The Labute approximate surface area is 52.2 Å². The molecule has 1 unspecified atom stereocenters. The van der Waals surface area contributed by atoms with Gasteiger partial charge in [-0.25, -0.2) is 0 Å². The number of thioether (sulfide) groups is 1. The maximum absolute atomic E-state index is 4.88. The molecule has 3 heteroatoms. The summed E-state index contributed by atoms with van der Waals surface area (Å²) in [6.07, 6.45) is 0. The Morgan fingerprint density at radius 2 is 2.71 bits per heavy atom. The van der Waals surface area contributed by atoms with E-state index in [1.54, 1.807) is 17.3 Å². The fourth-order valence-corrected chi connectivity index (χ4v) is 1.13. The molecular formula is C4H5NS2. The lowest BCUT2D eigenvalue weighted by molar-refractivity contribution is 1.02. The van der Waals surface area contributed by atoms with Crippen molar-refractivity contribution in [2.24, 2.45) is 4.99 Å². The second kappa shape index (κ2) is 1.92. The van der Waals surface area contributed by atoms with Crippen LogP contribution in [-0.2, 0) is 0 Å². The maximum Gasteiger partial charge on any atom is 0.0891 e. The van der Waals surface area contributed by atoms with Crippen molar-refractivity contribution in [3.8, 4) is 0 Å². The van der Waals surface area contributed by atoms with Crippen molar-refractivity contribution in [1.29, 1.82) is 0 Å². The molecule has 0 N–H and O–H groups in total. The first-order chi connectivity index (χ1) is 3.30. The van der Waals surface area contributed by atoms with Crippen LogP contribution in [-0.4, -0.2) is 15.8 Å². The highest BCUT2D eigenvalue weighted by atomic mass is 32.2. The Bertz CT molecular complexity index is 119. The minimum Gasteiger partial charge on any atom is -0.277 e. The predicted molar refractivity (Wildman–Crippen MR) is 38.1 cm³/mol. The van der Waals surface area contributed by atoms with E-state index in [1.807, 2.05) is 6.92 Å². The third-order valence-corrected chi connectivity index (χ3v) is 2.22. The summed E-state index contributed by atoms with van der Waals surface area (Å²) in [6, 6.07) is 0.278. The summed E-state index contributed by atoms with van der Waals surface area (Å²) in [4.78, 5) is 4.01. The molecule has 1 heterocycles. The Balaban J connectivity index is 2.62. The monoisotopic (exact) mass is 131 g/mol. The van der Waals surface area contributed by atoms with Crippen molar-refractivity contribution < 1.29 is 0 Å². The highest BCUT2D eigenvalue weighted by Gasteiger charge is 2.09. The molecule has 0 aromatic rings. The Kier molecular flexibility index (Phi) is 1.44. The molecule has 0 bridgehead atoms. The van der Waals surface area contributed by atoms with E-state index in [0.29, 0.717) is 0 Å². The van der Waals surface area contributed by atoms with Gasteiger partial charge in [0, 0.05) is 0 Å². The van der Waals surface area contributed by atoms with Crippen LogP contribution in [0.4, 0.5) is 0 Å². The van der Waals surface area contributed by atoms with Crippen LogP contribution in [0.5, 0.6) is 0 Å². The van der Waals surface area contributed by atoms with Crippen LogP contribution in [0.2, 0.25) is 0 Å². The van der Waals surface area contributed by atoms with E-state index < -0.39 is 0 Å². The lowest BCUT2D eigenvalue weighted by Gasteiger charge is -1.91. The largest absolute Gasteiger partial charge is 0.277 e. The van der Waals surface area contributed by atoms with Crippen molar-refractivity contribution in [2.45, 2.75) is 13.0 Å². The summed E-state index contributed by atoms with van der Waals surface area (Å²) in [7, 11) is 0. The average molecular weight is 131 g/mol. The zero-order valence-corrected chi connectivity index (χ0v) is 5.55. The first-order valence-corrected chi connectivity index (χ1v) is 3.31. The molecule has 7 heavy (non-hydrogen) atoms. The molecule has 1 aliphatic heterocycles. The van der Waals surface area contributed by atoms with Crippen LogP contribution < -0.4 is 0 Å². The van der Waals surface area contributed by atoms with Gasteiger partial charge in [-0.05, 0) is 6.92 Å². The summed E-state index contributed by atoms with van der Waals surface area (Å²) < 4.78 is 0.986. The van der Waals surface area contributed by atoms with Gasteiger partial charge >= 0.3 is 0 Å². The number of rotatable bonds is 0. The number of hydrogen-bond donors (Lipinski definition) is 0. The van der Waals surface area contributed by atoms with Gasteiger partial charge in [0.15, 0.2) is 0 Å². The van der Waals surface area contributed by atoms with E-state index in [4.69, 9.17) is 12.2 Å². The molecule has 0 saturated heterocycles. The summed E-state index contributed by atoms with van der Waals surface area (Å²) in [5, 5.41) is 0. The Morgan fingerprint density at radius 3 is 2.86 bits per heavy atom. The van der Waals surface area contributed by atoms with Gasteiger partial charge in [0.1, 0.15) is 0 Å². The number of thiocarbonyl (C=S) groups is 1. The molecule has 1 nitrogen and oxygen atoms in total. The second-order valence-corrected chi connectivity index (χ2v) is 2.95. The molecule has 0 aliphatic carbocycles. The zero-order chi connectivity index (χ0) is 5.28. The van der Waals surface area contributed by atoms with Crippen molar-refractivity contribution in [3.05, 3.63) is 0 Å². The second-order valence-electron chi connectivity index (χ2n) is 1.37. The van der Waals surface area contributed by atoms with Gasteiger partial charge in [-0.3, -0.25) is 4.99 Å². The van der Waals surface area contributed by atoms with Crippen LogP contribution in [0, 0.1) is 0 Å². The standard InChI is InChI=1S/C4H5NS2/c1-3-4(6)7-2-5-3/h2-3H,1H3. The highest BCUT2D eigenvalue weighted by molar-refractivity contribution is 8.32. The van der Waals surface area contributed by atoms with Gasteiger partial charge in [0.05, 0.1) is 15.8 Å². The lowest BCUT2D eigenvalue weighted by atomic mass is 10.4. The molecule has 1 rings (SSSR count). The zero-order valence-electron chi connectivity index (χ0n) is 3.92. The minimum absolute atomic E-state index is 0.278. The van der Waals surface area contributed by atoms with E-state index in [-0.39, 0.29) is 6.04 Å². The molecule has 0 spiro atoms. The minimum atomic E-state index is 0.278. The molecule has 1 atom stereocenters. The van der Waals surface area contributed by atoms with Crippen LogP contribution in [0.15, 0.2) is 4.99 Å². The van der Waals surface area contributed by atoms with Gasteiger partial charge in [-0.15, -0.1) is 0 Å². The molecule has 1 aliphatic rings. The summed E-state index contributed by atoms with van der Waals surface area (Å²) in [5.41, 5.74) is 1.80. The van der Waals surface area contributed by atoms with Crippen molar-refractivity contribution in [2.75, 3.05) is 0 Å². The SMILES string of the molecule is CC1N=CSC1=S. The van der Waals surface area contributed by atoms with E-state index >= 15 is 0 Å². The normalized spacial score (nSPS) is 29.3. The topological polar surface area (TPSA) is 12.4 Å². The van der Waals surface area contributed by atoms with Crippen LogP contribution in [0.3, 0.4) is 0 Å². The van der Waals surface area contributed by atoms with Crippen LogP contribution >= 0.6 is 24.0 Å². The van der Waals surface area contributed by atoms with Gasteiger partial charge in [-0.2, -0.15) is 0 Å². The highest BCUT2D eigenvalue weighted by Crippen LogP contribution is 2.14. The predicted octanol–water partition coefficient (Wildman–Crippen LogP) is 1.48. The molecular weight excluding hydrogens is 126 g/mol. The number of aliphatic imine (C=N–C) groups is 1. The fourth-order valence-electron chi connectivity index (χ4n) is 0.333. The summed E-state index contributed by atoms with van der Waals surface area (Å²) in [6.45, 7) is 2.00. The van der Waals surface area contributed by atoms with E-state index in [0.717, 1.165) is 4.20 Å². The molecule has 0 aromatic carbocycles. The quantitative estimate of drug-likeness (QED) is 0.462. The van der Waals surface area contributed by atoms with Crippen LogP contribution in [0.25, 0.3) is 0 Å². The molecule has 0 radical (unpaired) electrons. The van der Waals surface area contributed by atoms with Gasteiger partial charge in [-0.1, -0.05) is 24.0 Å². The third-order valence-electron chi connectivity index (χ3n) is 0.794. The van der Waals surface area contributed by atoms with Crippen molar-refractivity contribution >= 4 is 33.7 Å². The van der Waals surface area contributed by atoms with Crippen molar-refractivity contribution in [1.82, 2.24) is 0 Å². The van der Waals surface area contributed by atoms with Crippen molar-refractivity contribution in [3.63, 3.8) is 0 Å². The molecule has 0 aromatic heterocycles. The van der Waals surface area contributed by atoms with E-state index in [1.165, 1.54) is 0 Å². The number of nitrogens with zero attached hydrogens (tertiary/aromatic N) is 1. The van der Waals surface area contributed by atoms with Crippen LogP contribution in [0.1, 0.15) is 6.92 Å². The maximum atomic E-state index is 4.88. The molecule has 0 saturated carbocycles. The van der Waals surface area contributed by atoms with Gasteiger partial charge in [0.25, 0.3) is 0 Å². The Morgan fingerprint density at radius 1 is 2.00 bits per heavy atom. The third kappa shape index (κ3) is 1.01. The number of hydrogen-bond acceptors (Lipinski definition) is 3. The van der Waals surface area contributed by atoms with Gasteiger partial charge in [0.2, 0.25) is 0 Å². The summed E-state index contributed by atoms with van der Waals surface area (Å²) >= 11 is 6.42. The first kappa shape index (κ1) is 5.25. The fraction of sp³-hybridized carbons (Fsp3) is 0.500. The summed E-state index contributed by atoms with van der Waals surface area (Å²) in [5.74, 6) is 0. The molecule has 38 valence electrons. The Hall–Kier alpha value is 0.110. The van der Waals surface area contributed by atoms with E-state index in [2.05, 4.69) is 4.99 Å². The first-order valence-electron chi connectivity index (χ1n) is 2.03.